The highest BCUT2D eigenvalue weighted by Gasteiger charge is 2.23. The van der Waals surface area contributed by atoms with Gasteiger partial charge in [0.15, 0.2) is 5.96 Å². The molecule has 0 spiro atoms. The van der Waals surface area contributed by atoms with E-state index in [2.05, 4.69) is 28.5 Å². The van der Waals surface area contributed by atoms with Gasteiger partial charge in [0.1, 0.15) is 0 Å². The van der Waals surface area contributed by atoms with Crippen molar-refractivity contribution in [3.05, 3.63) is 29.3 Å². The van der Waals surface area contributed by atoms with Gasteiger partial charge in [-0.1, -0.05) is 17.7 Å². The van der Waals surface area contributed by atoms with E-state index in [-0.39, 0.29) is 0 Å². The summed E-state index contributed by atoms with van der Waals surface area (Å²) in [5.41, 5.74) is 1.18. The van der Waals surface area contributed by atoms with Crippen molar-refractivity contribution < 1.29 is 9.47 Å². The molecule has 2 heterocycles. The Kier molecular flexibility index (Phi) is 8.70. The van der Waals surface area contributed by atoms with Gasteiger partial charge in [0.05, 0.1) is 6.10 Å². The molecule has 2 N–H and O–H groups in total. The summed E-state index contributed by atoms with van der Waals surface area (Å²) in [6.07, 6.45) is 4.41. The van der Waals surface area contributed by atoms with Gasteiger partial charge in [-0.3, -0.25) is 4.99 Å². The molecular weight excluding hydrogens is 376 g/mol. The standard InChI is InChI=1S/C21H33ClN4O2/c1-2-23-21(24-10-4-12-28-20-8-13-27-14-9-20)25-18-7-11-26(16-18)19-6-3-5-17(22)15-19/h3,5-6,15,18,20H,2,4,7-14,16H2,1H3,(H2,23,24,25). The second kappa shape index (κ2) is 11.5. The smallest absolute Gasteiger partial charge is 0.191 e. The Hall–Kier alpha value is -1.50. The summed E-state index contributed by atoms with van der Waals surface area (Å²) in [4.78, 5) is 7.09. The van der Waals surface area contributed by atoms with Gasteiger partial charge < -0.3 is 25.0 Å². The zero-order valence-electron chi connectivity index (χ0n) is 16.8. The van der Waals surface area contributed by atoms with E-state index in [0.717, 1.165) is 82.7 Å². The third-order valence-corrected chi connectivity index (χ3v) is 5.38. The zero-order valence-corrected chi connectivity index (χ0v) is 17.6. The van der Waals surface area contributed by atoms with Crippen LogP contribution in [-0.4, -0.2) is 64.1 Å². The van der Waals surface area contributed by atoms with Crippen molar-refractivity contribution >= 4 is 23.2 Å². The summed E-state index contributed by atoms with van der Waals surface area (Å²) in [5, 5.41) is 7.72. The first-order valence-electron chi connectivity index (χ1n) is 10.5. The fourth-order valence-corrected chi connectivity index (χ4v) is 3.83. The van der Waals surface area contributed by atoms with E-state index in [9.17, 15) is 0 Å². The van der Waals surface area contributed by atoms with E-state index in [0.29, 0.717) is 12.1 Å². The van der Waals surface area contributed by atoms with Crippen molar-refractivity contribution in [3.63, 3.8) is 0 Å². The molecule has 1 aromatic carbocycles. The molecule has 0 aliphatic carbocycles. The van der Waals surface area contributed by atoms with Crippen LogP contribution in [0.25, 0.3) is 0 Å². The number of aliphatic imine (C=N–C) groups is 1. The van der Waals surface area contributed by atoms with Crippen LogP contribution in [-0.2, 0) is 9.47 Å². The third-order valence-electron chi connectivity index (χ3n) is 5.14. The molecule has 0 radical (unpaired) electrons. The number of nitrogens with one attached hydrogen (secondary N) is 2. The van der Waals surface area contributed by atoms with Gasteiger partial charge in [0.25, 0.3) is 0 Å². The van der Waals surface area contributed by atoms with Gasteiger partial charge in [0, 0.05) is 62.8 Å². The van der Waals surface area contributed by atoms with Crippen molar-refractivity contribution in [2.24, 2.45) is 4.99 Å². The maximum absolute atomic E-state index is 6.13. The van der Waals surface area contributed by atoms with Crippen LogP contribution >= 0.6 is 11.6 Å². The molecule has 28 heavy (non-hydrogen) atoms. The van der Waals surface area contributed by atoms with Crippen LogP contribution < -0.4 is 15.5 Å². The van der Waals surface area contributed by atoms with Crippen molar-refractivity contribution in [1.82, 2.24) is 10.6 Å². The van der Waals surface area contributed by atoms with E-state index in [1.807, 2.05) is 18.2 Å². The SMILES string of the molecule is CCNC(=NCCCOC1CCOCC1)NC1CCN(c2cccc(Cl)c2)C1. The molecule has 156 valence electrons. The minimum atomic E-state index is 0.361. The van der Waals surface area contributed by atoms with Crippen molar-refractivity contribution in [2.45, 2.75) is 44.8 Å². The maximum Gasteiger partial charge on any atom is 0.191 e. The minimum Gasteiger partial charge on any atom is -0.381 e. The molecule has 1 atom stereocenters. The Labute approximate surface area is 173 Å². The van der Waals surface area contributed by atoms with Crippen LogP contribution in [0, 0.1) is 0 Å². The molecule has 2 fully saturated rings. The fourth-order valence-electron chi connectivity index (χ4n) is 3.65. The molecule has 7 heteroatoms. The lowest BCUT2D eigenvalue weighted by Crippen LogP contribution is -2.44. The Balaban J connectivity index is 1.40. The predicted molar refractivity (Wildman–Crippen MR) is 116 cm³/mol. The highest BCUT2D eigenvalue weighted by Crippen LogP contribution is 2.23. The summed E-state index contributed by atoms with van der Waals surface area (Å²) in [6.45, 7) is 8.11. The Morgan fingerprint density at radius 2 is 2.18 bits per heavy atom. The Morgan fingerprint density at radius 1 is 1.32 bits per heavy atom. The van der Waals surface area contributed by atoms with E-state index in [1.165, 1.54) is 5.69 Å². The molecule has 3 rings (SSSR count). The summed E-state index contributed by atoms with van der Waals surface area (Å²) in [6, 6.07) is 8.45. The maximum atomic E-state index is 6.13. The molecule has 0 bridgehead atoms. The number of anilines is 1. The average molecular weight is 409 g/mol. The van der Waals surface area contributed by atoms with Crippen LogP contribution in [0.3, 0.4) is 0 Å². The van der Waals surface area contributed by atoms with E-state index in [1.54, 1.807) is 0 Å². The second-order valence-corrected chi connectivity index (χ2v) is 7.79. The average Bonchev–Trinajstić information content (AvgIpc) is 3.17. The molecule has 0 amide bonds. The van der Waals surface area contributed by atoms with Gasteiger partial charge in [-0.25, -0.2) is 0 Å². The van der Waals surface area contributed by atoms with Crippen molar-refractivity contribution in [1.29, 1.82) is 0 Å². The highest BCUT2D eigenvalue weighted by molar-refractivity contribution is 6.30. The third kappa shape index (κ3) is 6.83. The molecule has 0 aromatic heterocycles. The van der Waals surface area contributed by atoms with E-state index < -0.39 is 0 Å². The summed E-state index contributed by atoms with van der Waals surface area (Å²) in [5.74, 6) is 0.895. The molecule has 6 nitrogen and oxygen atoms in total. The number of rotatable bonds is 8. The molecule has 1 aromatic rings. The lowest BCUT2D eigenvalue weighted by atomic mass is 10.1. The van der Waals surface area contributed by atoms with Gasteiger partial charge in [-0.2, -0.15) is 0 Å². The Morgan fingerprint density at radius 3 is 2.96 bits per heavy atom. The quantitative estimate of drug-likeness (QED) is 0.393. The van der Waals surface area contributed by atoms with Gasteiger partial charge in [-0.05, 0) is 50.8 Å². The molecule has 2 aliphatic heterocycles. The number of nitrogens with zero attached hydrogens (tertiary/aromatic N) is 2. The number of ether oxygens (including phenoxy) is 2. The number of guanidine groups is 1. The molecule has 2 aliphatic rings. The topological polar surface area (TPSA) is 58.1 Å². The van der Waals surface area contributed by atoms with Gasteiger partial charge >= 0.3 is 0 Å². The van der Waals surface area contributed by atoms with Crippen LogP contribution in [0.5, 0.6) is 0 Å². The van der Waals surface area contributed by atoms with Crippen molar-refractivity contribution in [2.75, 3.05) is 50.9 Å². The summed E-state index contributed by atoms with van der Waals surface area (Å²) >= 11 is 6.13. The van der Waals surface area contributed by atoms with Crippen LogP contribution in [0.2, 0.25) is 5.02 Å². The summed E-state index contributed by atoms with van der Waals surface area (Å²) < 4.78 is 11.3. The van der Waals surface area contributed by atoms with Crippen LogP contribution in [0.4, 0.5) is 5.69 Å². The number of hydrogen-bond donors (Lipinski definition) is 2. The van der Waals surface area contributed by atoms with Crippen LogP contribution in [0.1, 0.15) is 32.6 Å². The number of halogens is 1. The molecule has 2 saturated heterocycles. The van der Waals surface area contributed by atoms with Gasteiger partial charge in [-0.15, -0.1) is 0 Å². The van der Waals surface area contributed by atoms with Gasteiger partial charge in [0.2, 0.25) is 0 Å². The normalized spacial score (nSPS) is 21.1. The van der Waals surface area contributed by atoms with E-state index in [4.69, 9.17) is 26.1 Å². The first-order chi connectivity index (χ1) is 13.7. The van der Waals surface area contributed by atoms with E-state index >= 15 is 0 Å². The van der Waals surface area contributed by atoms with Crippen LogP contribution in [0.15, 0.2) is 29.3 Å². The number of hydrogen-bond acceptors (Lipinski definition) is 4. The fraction of sp³-hybridized carbons (Fsp3) is 0.667. The second-order valence-electron chi connectivity index (χ2n) is 7.35. The predicted octanol–water partition coefficient (Wildman–Crippen LogP) is 3.06. The largest absolute Gasteiger partial charge is 0.381 e. The molecule has 1 unspecified atom stereocenters. The Bertz CT molecular complexity index is 622. The first-order valence-corrected chi connectivity index (χ1v) is 10.9. The minimum absolute atomic E-state index is 0.361. The zero-order chi connectivity index (χ0) is 19.6. The molecule has 0 saturated carbocycles. The lowest BCUT2D eigenvalue weighted by Gasteiger charge is -2.22. The summed E-state index contributed by atoms with van der Waals surface area (Å²) in [7, 11) is 0. The molecular formula is C21H33ClN4O2. The van der Waals surface area contributed by atoms with Crippen molar-refractivity contribution in [3.8, 4) is 0 Å². The lowest BCUT2D eigenvalue weighted by molar-refractivity contribution is -0.0318. The first kappa shape index (κ1) is 21.2. The number of benzene rings is 1. The highest BCUT2D eigenvalue weighted by atomic mass is 35.5. The monoisotopic (exact) mass is 408 g/mol.